The van der Waals surface area contributed by atoms with Crippen molar-refractivity contribution >= 4 is 22.8 Å². The van der Waals surface area contributed by atoms with E-state index in [4.69, 9.17) is 4.74 Å². The third-order valence-corrected chi connectivity index (χ3v) is 4.03. The van der Waals surface area contributed by atoms with E-state index in [1.807, 2.05) is 27.7 Å². The van der Waals surface area contributed by atoms with Crippen LogP contribution in [0.1, 0.15) is 53.9 Å². The topological polar surface area (TPSA) is 43.4 Å². The third-order valence-electron chi connectivity index (χ3n) is 2.52. The van der Waals surface area contributed by atoms with E-state index in [1.54, 1.807) is 0 Å². The number of thioether (sulfide) groups is 1. The molecule has 0 heterocycles. The van der Waals surface area contributed by atoms with Gasteiger partial charge < -0.3 is 4.74 Å². The first-order valence-corrected chi connectivity index (χ1v) is 7.63. The Hall–Kier alpha value is -0.510. The molecule has 0 rings (SSSR count). The molecule has 0 aliphatic rings. The van der Waals surface area contributed by atoms with Crippen molar-refractivity contribution in [3.05, 3.63) is 0 Å². The van der Waals surface area contributed by atoms with Crippen molar-refractivity contribution in [1.29, 1.82) is 0 Å². The molecule has 0 N–H and O–H groups in total. The third kappa shape index (κ3) is 7.75. The van der Waals surface area contributed by atoms with Crippen LogP contribution >= 0.6 is 11.8 Å². The zero-order chi connectivity index (χ0) is 14.1. The zero-order valence-electron chi connectivity index (χ0n) is 12.2. The molecule has 0 amide bonds. The van der Waals surface area contributed by atoms with Crippen molar-refractivity contribution in [3.63, 3.8) is 0 Å². The summed E-state index contributed by atoms with van der Waals surface area (Å²) >= 11 is 1.41. The summed E-state index contributed by atoms with van der Waals surface area (Å²) in [6.45, 7) is 9.99. The number of rotatable bonds is 8. The summed E-state index contributed by atoms with van der Waals surface area (Å²) < 4.78 is 5.16. The molecule has 3 nitrogen and oxygen atoms in total. The number of carbonyl (C=O) groups is 2. The zero-order valence-corrected chi connectivity index (χ0v) is 13.0. The smallest absolute Gasteiger partial charge is 0.308 e. The van der Waals surface area contributed by atoms with E-state index in [0.29, 0.717) is 6.61 Å². The molecule has 1 unspecified atom stereocenters. The van der Waals surface area contributed by atoms with Crippen LogP contribution in [0.4, 0.5) is 0 Å². The van der Waals surface area contributed by atoms with Gasteiger partial charge in [-0.2, -0.15) is 0 Å². The average Bonchev–Trinajstić information content (AvgIpc) is 2.28. The molecule has 0 aromatic carbocycles. The maximum Gasteiger partial charge on any atom is 0.308 e. The minimum atomic E-state index is -0.162. The molecule has 0 saturated carbocycles. The van der Waals surface area contributed by atoms with Crippen LogP contribution in [0.25, 0.3) is 0 Å². The lowest BCUT2D eigenvalue weighted by molar-refractivity contribution is -0.147. The summed E-state index contributed by atoms with van der Waals surface area (Å²) in [5.74, 6) is -0.183. The molecule has 18 heavy (non-hydrogen) atoms. The van der Waals surface area contributed by atoms with E-state index < -0.39 is 0 Å². The fourth-order valence-electron chi connectivity index (χ4n) is 1.34. The Balaban J connectivity index is 4.04. The van der Waals surface area contributed by atoms with Crippen molar-refractivity contribution in [2.75, 3.05) is 6.61 Å². The van der Waals surface area contributed by atoms with Crippen LogP contribution in [-0.4, -0.2) is 22.9 Å². The summed E-state index contributed by atoms with van der Waals surface area (Å²) in [6, 6.07) is 0. The van der Waals surface area contributed by atoms with Crippen LogP contribution in [0, 0.1) is 11.8 Å². The first-order valence-electron chi connectivity index (χ1n) is 6.75. The van der Waals surface area contributed by atoms with Gasteiger partial charge in [-0.15, -0.1) is 0 Å². The minimum absolute atomic E-state index is 0.0626. The van der Waals surface area contributed by atoms with Gasteiger partial charge in [0.05, 0.1) is 12.5 Å². The van der Waals surface area contributed by atoms with Crippen LogP contribution < -0.4 is 0 Å². The lowest BCUT2D eigenvalue weighted by Crippen LogP contribution is -2.17. The second kappa shape index (κ2) is 9.42. The predicted octanol–water partition coefficient (Wildman–Crippen LogP) is 3.66. The Morgan fingerprint density at radius 1 is 1.06 bits per heavy atom. The largest absolute Gasteiger partial charge is 0.465 e. The number of hydrogen-bond donors (Lipinski definition) is 0. The average molecular weight is 274 g/mol. The van der Waals surface area contributed by atoms with Crippen LogP contribution in [0.3, 0.4) is 0 Å². The predicted molar refractivity (Wildman–Crippen MR) is 76.5 cm³/mol. The highest BCUT2D eigenvalue weighted by molar-refractivity contribution is 8.14. The first-order chi connectivity index (χ1) is 8.38. The molecule has 1 atom stereocenters. The number of esters is 1. The molecule has 0 aliphatic heterocycles. The number of hydrogen-bond acceptors (Lipinski definition) is 4. The summed E-state index contributed by atoms with van der Waals surface area (Å²) in [7, 11) is 0. The van der Waals surface area contributed by atoms with Gasteiger partial charge in [0, 0.05) is 11.2 Å². The lowest BCUT2D eigenvalue weighted by Gasteiger charge is -2.16. The SMILES string of the molecule is CCCC(CCOC(=O)C(C)C)SC(=O)C(C)C. The Morgan fingerprint density at radius 3 is 2.11 bits per heavy atom. The maximum atomic E-state index is 11.7. The molecule has 0 aliphatic carbocycles. The second-order valence-corrected chi connectivity index (χ2v) is 6.42. The highest BCUT2D eigenvalue weighted by Crippen LogP contribution is 2.23. The van der Waals surface area contributed by atoms with Gasteiger partial charge in [-0.05, 0) is 12.8 Å². The fraction of sp³-hybridized carbons (Fsp3) is 0.857. The summed E-state index contributed by atoms with van der Waals surface area (Å²) in [4.78, 5) is 23.0. The van der Waals surface area contributed by atoms with Crippen LogP contribution in [0.5, 0.6) is 0 Å². The molecule has 0 fully saturated rings. The van der Waals surface area contributed by atoms with Crippen molar-refractivity contribution in [1.82, 2.24) is 0 Å². The normalized spacial score (nSPS) is 12.8. The van der Waals surface area contributed by atoms with Gasteiger partial charge in [0.15, 0.2) is 5.12 Å². The monoisotopic (exact) mass is 274 g/mol. The molecular formula is C14H26O3S. The Kier molecular flexibility index (Phi) is 9.16. The van der Waals surface area contributed by atoms with Crippen LogP contribution in [0.2, 0.25) is 0 Å². The van der Waals surface area contributed by atoms with Crippen molar-refractivity contribution < 1.29 is 14.3 Å². The highest BCUT2D eigenvalue weighted by Gasteiger charge is 2.17. The summed E-state index contributed by atoms with van der Waals surface area (Å²) in [5, 5.41) is 0.494. The molecule has 0 aromatic heterocycles. The van der Waals surface area contributed by atoms with E-state index in [2.05, 4.69) is 6.92 Å². The van der Waals surface area contributed by atoms with Gasteiger partial charge in [-0.3, -0.25) is 9.59 Å². The minimum Gasteiger partial charge on any atom is -0.465 e. The van der Waals surface area contributed by atoms with Crippen molar-refractivity contribution in [3.8, 4) is 0 Å². The molecule has 4 heteroatoms. The molecule has 0 bridgehead atoms. The van der Waals surface area contributed by atoms with Crippen LogP contribution in [-0.2, 0) is 14.3 Å². The fourth-order valence-corrected chi connectivity index (χ4v) is 2.51. The van der Waals surface area contributed by atoms with Crippen molar-refractivity contribution in [2.24, 2.45) is 11.8 Å². The molecule has 106 valence electrons. The second-order valence-electron chi connectivity index (χ2n) is 5.11. The summed E-state index contributed by atoms with van der Waals surface area (Å²) in [5.41, 5.74) is 0. The van der Waals surface area contributed by atoms with E-state index in [-0.39, 0.29) is 28.2 Å². The molecule has 0 radical (unpaired) electrons. The lowest BCUT2D eigenvalue weighted by atomic mass is 10.2. The van der Waals surface area contributed by atoms with Gasteiger partial charge in [-0.25, -0.2) is 0 Å². The van der Waals surface area contributed by atoms with Gasteiger partial charge in [-0.1, -0.05) is 52.8 Å². The number of carbonyl (C=O) groups excluding carboxylic acids is 2. The Bertz CT molecular complexity index is 262. The van der Waals surface area contributed by atoms with E-state index >= 15 is 0 Å². The Morgan fingerprint density at radius 2 is 1.67 bits per heavy atom. The maximum absolute atomic E-state index is 11.7. The van der Waals surface area contributed by atoms with Crippen molar-refractivity contribution in [2.45, 2.75) is 59.1 Å². The van der Waals surface area contributed by atoms with Gasteiger partial charge in [0.1, 0.15) is 0 Å². The van der Waals surface area contributed by atoms with Gasteiger partial charge in [0.25, 0.3) is 0 Å². The number of ether oxygens (including phenoxy) is 1. The van der Waals surface area contributed by atoms with Gasteiger partial charge in [0.2, 0.25) is 0 Å². The van der Waals surface area contributed by atoms with E-state index in [1.165, 1.54) is 11.8 Å². The molecule has 0 saturated heterocycles. The van der Waals surface area contributed by atoms with Gasteiger partial charge >= 0.3 is 5.97 Å². The Labute approximate surface area is 115 Å². The highest BCUT2D eigenvalue weighted by atomic mass is 32.2. The van der Waals surface area contributed by atoms with Crippen LogP contribution in [0.15, 0.2) is 0 Å². The first kappa shape index (κ1) is 17.5. The van der Waals surface area contributed by atoms with E-state index in [9.17, 15) is 9.59 Å². The molecular weight excluding hydrogens is 248 g/mol. The quantitative estimate of drug-likeness (QED) is 0.634. The standard InChI is InChI=1S/C14H26O3S/c1-6-7-12(18-14(16)11(4)5)8-9-17-13(15)10(2)3/h10-12H,6-9H2,1-5H3. The molecule has 0 aromatic rings. The van der Waals surface area contributed by atoms with E-state index in [0.717, 1.165) is 19.3 Å². The molecule has 0 spiro atoms. The summed E-state index contributed by atoms with van der Waals surface area (Å²) in [6.07, 6.45) is 2.79.